The van der Waals surface area contributed by atoms with Gasteiger partial charge in [-0.15, -0.1) is 24.0 Å². The molecule has 0 aromatic carbocycles. The van der Waals surface area contributed by atoms with Crippen LogP contribution in [0.15, 0.2) is 23.3 Å². The molecule has 0 aliphatic carbocycles. The van der Waals surface area contributed by atoms with Crippen LogP contribution in [-0.4, -0.2) is 60.6 Å². The fourth-order valence-corrected chi connectivity index (χ4v) is 3.28. The number of aryl methyl sites for hydroxylation is 1. The van der Waals surface area contributed by atoms with Crippen molar-refractivity contribution in [2.45, 2.75) is 32.7 Å². The number of aliphatic imine (C=N–C) groups is 1. The summed E-state index contributed by atoms with van der Waals surface area (Å²) in [6.07, 6.45) is 6.21. The first kappa shape index (κ1) is 21.3. The minimum atomic E-state index is 0. The van der Waals surface area contributed by atoms with Gasteiger partial charge in [-0.25, -0.2) is 0 Å². The monoisotopic (exact) mass is 447 g/mol. The zero-order valence-corrected chi connectivity index (χ0v) is 18.0. The summed E-state index contributed by atoms with van der Waals surface area (Å²) in [5.41, 5.74) is 1.29. The summed E-state index contributed by atoms with van der Waals surface area (Å²) in [4.78, 5) is 9.21. The Balaban J connectivity index is 0.00000288. The molecule has 1 unspecified atom stereocenters. The molecule has 0 spiro atoms. The Morgan fingerprint density at radius 2 is 2.04 bits per heavy atom. The second-order valence-electron chi connectivity index (χ2n) is 6.86. The fraction of sp³-hybridized carbons (Fsp3) is 0.722. The van der Waals surface area contributed by atoms with Gasteiger partial charge in [-0.3, -0.25) is 4.99 Å². The molecular weight excluding hydrogens is 413 g/mol. The van der Waals surface area contributed by atoms with E-state index in [2.05, 4.69) is 64.0 Å². The van der Waals surface area contributed by atoms with Crippen LogP contribution in [0.3, 0.4) is 0 Å². The molecule has 5 nitrogen and oxygen atoms in total. The molecule has 2 rings (SSSR count). The fourth-order valence-electron chi connectivity index (χ4n) is 3.28. The van der Waals surface area contributed by atoms with Gasteiger partial charge in [0.15, 0.2) is 5.96 Å². The second kappa shape index (κ2) is 11.0. The second-order valence-corrected chi connectivity index (χ2v) is 6.86. The van der Waals surface area contributed by atoms with Crippen molar-refractivity contribution in [1.82, 2.24) is 19.7 Å². The van der Waals surface area contributed by atoms with E-state index in [0.29, 0.717) is 5.92 Å². The van der Waals surface area contributed by atoms with Crippen molar-refractivity contribution in [2.75, 3.05) is 40.3 Å². The van der Waals surface area contributed by atoms with E-state index in [1.54, 1.807) is 0 Å². The third kappa shape index (κ3) is 6.63. The Kier molecular flexibility index (Phi) is 9.73. The standard InChI is InChI=1S/C18H33N5.HI/c1-16(14-23-11-6-5-7-12-23)13-20-18(19-2)22(4)15-17-9-8-10-21(17)3;/h8-10,16H,5-7,11-15H2,1-4H3,(H,19,20);1H. The molecule has 0 radical (unpaired) electrons. The molecule has 0 saturated carbocycles. The maximum Gasteiger partial charge on any atom is 0.193 e. The Bertz CT molecular complexity index is 493. The summed E-state index contributed by atoms with van der Waals surface area (Å²) in [6, 6.07) is 4.24. The van der Waals surface area contributed by atoms with Gasteiger partial charge in [-0.1, -0.05) is 13.3 Å². The molecule has 1 saturated heterocycles. The van der Waals surface area contributed by atoms with Crippen LogP contribution in [0, 0.1) is 5.92 Å². The zero-order chi connectivity index (χ0) is 16.7. The Morgan fingerprint density at radius 3 is 2.62 bits per heavy atom. The van der Waals surface area contributed by atoms with Gasteiger partial charge in [-0.2, -0.15) is 0 Å². The van der Waals surface area contributed by atoms with Crippen LogP contribution >= 0.6 is 24.0 Å². The number of rotatable bonds is 6. The van der Waals surface area contributed by atoms with Crippen LogP contribution in [0.5, 0.6) is 0 Å². The quantitative estimate of drug-likeness (QED) is 0.414. The average Bonchev–Trinajstić information content (AvgIpc) is 2.94. The molecule has 1 aromatic rings. The first-order chi connectivity index (χ1) is 11.1. The molecule has 2 heterocycles. The summed E-state index contributed by atoms with van der Waals surface area (Å²) in [5.74, 6) is 1.60. The summed E-state index contributed by atoms with van der Waals surface area (Å²) in [6.45, 7) is 7.89. The highest BCUT2D eigenvalue weighted by molar-refractivity contribution is 14.0. The number of likely N-dealkylation sites (tertiary alicyclic amines) is 1. The topological polar surface area (TPSA) is 35.8 Å². The first-order valence-electron chi connectivity index (χ1n) is 8.84. The molecule has 1 aliphatic rings. The number of nitrogens with one attached hydrogen (secondary N) is 1. The first-order valence-corrected chi connectivity index (χ1v) is 8.84. The van der Waals surface area contributed by atoms with Gasteiger partial charge < -0.3 is 19.7 Å². The van der Waals surface area contributed by atoms with Crippen molar-refractivity contribution < 1.29 is 0 Å². The predicted octanol–water partition coefficient (Wildman–Crippen LogP) is 2.77. The number of halogens is 1. The van der Waals surface area contributed by atoms with Gasteiger partial charge in [0, 0.05) is 46.1 Å². The minimum absolute atomic E-state index is 0. The smallest absolute Gasteiger partial charge is 0.193 e. The molecule has 1 atom stereocenters. The van der Waals surface area contributed by atoms with Gasteiger partial charge in [0.2, 0.25) is 0 Å². The van der Waals surface area contributed by atoms with Gasteiger partial charge in [-0.05, 0) is 44.0 Å². The Morgan fingerprint density at radius 1 is 1.33 bits per heavy atom. The number of hydrogen-bond donors (Lipinski definition) is 1. The number of hydrogen-bond acceptors (Lipinski definition) is 2. The molecule has 1 fully saturated rings. The average molecular weight is 447 g/mol. The highest BCUT2D eigenvalue weighted by Crippen LogP contribution is 2.10. The van der Waals surface area contributed by atoms with Gasteiger partial charge >= 0.3 is 0 Å². The Hall–Kier alpha value is -0.760. The highest BCUT2D eigenvalue weighted by Gasteiger charge is 2.14. The van der Waals surface area contributed by atoms with Crippen molar-refractivity contribution in [3.05, 3.63) is 24.0 Å². The molecule has 6 heteroatoms. The molecule has 1 aliphatic heterocycles. The molecule has 0 amide bonds. The lowest BCUT2D eigenvalue weighted by Crippen LogP contribution is -2.43. The highest BCUT2D eigenvalue weighted by atomic mass is 127. The van der Waals surface area contributed by atoms with E-state index >= 15 is 0 Å². The lowest BCUT2D eigenvalue weighted by molar-refractivity contribution is 0.200. The van der Waals surface area contributed by atoms with Crippen molar-refractivity contribution >= 4 is 29.9 Å². The summed E-state index contributed by atoms with van der Waals surface area (Å²) in [5, 5.41) is 3.53. The maximum atomic E-state index is 4.43. The summed E-state index contributed by atoms with van der Waals surface area (Å²) in [7, 11) is 6.04. The van der Waals surface area contributed by atoms with E-state index in [-0.39, 0.29) is 24.0 Å². The maximum absolute atomic E-state index is 4.43. The van der Waals surface area contributed by atoms with Crippen LogP contribution in [-0.2, 0) is 13.6 Å². The third-order valence-electron chi connectivity index (χ3n) is 4.65. The van der Waals surface area contributed by atoms with Crippen LogP contribution in [0.1, 0.15) is 31.9 Å². The summed E-state index contributed by atoms with van der Waals surface area (Å²) >= 11 is 0. The summed E-state index contributed by atoms with van der Waals surface area (Å²) < 4.78 is 2.16. The molecule has 1 aromatic heterocycles. The third-order valence-corrected chi connectivity index (χ3v) is 4.65. The number of piperidine rings is 1. The van der Waals surface area contributed by atoms with E-state index in [4.69, 9.17) is 0 Å². The van der Waals surface area contributed by atoms with Gasteiger partial charge in [0.25, 0.3) is 0 Å². The van der Waals surface area contributed by atoms with E-state index in [1.165, 1.54) is 44.6 Å². The lowest BCUT2D eigenvalue weighted by Gasteiger charge is -2.30. The van der Waals surface area contributed by atoms with Crippen LogP contribution in [0.25, 0.3) is 0 Å². The number of guanidine groups is 1. The molecule has 24 heavy (non-hydrogen) atoms. The van der Waals surface area contributed by atoms with E-state index in [9.17, 15) is 0 Å². The van der Waals surface area contributed by atoms with Gasteiger partial charge in [0.05, 0.1) is 6.54 Å². The van der Waals surface area contributed by atoms with Crippen molar-refractivity contribution in [3.63, 3.8) is 0 Å². The molecule has 0 bridgehead atoms. The zero-order valence-electron chi connectivity index (χ0n) is 15.7. The normalized spacial score (nSPS) is 17.2. The van der Waals surface area contributed by atoms with Crippen LogP contribution in [0.4, 0.5) is 0 Å². The molecule has 1 N–H and O–H groups in total. The van der Waals surface area contributed by atoms with Crippen molar-refractivity contribution in [1.29, 1.82) is 0 Å². The van der Waals surface area contributed by atoms with Crippen LogP contribution < -0.4 is 5.32 Å². The predicted molar refractivity (Wildman–Crippen MR) is 113 cm³/mol. The van der Waals surface area contributed by atoms with E-state index in [1.807, 2.05) is 7.05 Å². The largest absolute Gasteiger partial charge is 0.356 e. The lowest BCUT2D eigenvalue weighted by atomic mass is 10.1. The molecular formula is C18H34IN5. The number of nitrogens with zero attached hydrogens (tertiary/aromatic N) is 4. The minimum Gasteiger partial charge on any atom is -0.356 e. The van der Waals surface area contributed by atoms with Gasteiger partial charge in [0.1, 0.15) is 0 Å². The van der Waals surface area contributed by atoms with Crippen LogP contribution in [0.2, 0.25) is 0 Å². The van der Waals surface area contributed by atoms with E-state index < -0.39 is 0 Å². The van der Waals surface area contributed by atoms with Crippen molar-refractivity contribution in [2.24, 2.45) is 18.0 Å². The SMILES string of the molecule is CN=C(NCC(C)CN1CCCCC1)N(C)Cc1cccn1C.I. The Labute approximate surface area is 164 Å². The number of aromatic nitrogens is 1. The van der Waals surface area contributed by atoms with E-state index in [0.717, 1.165) is 19.0 Å². The van der Waals surface area contributed by atoms with Crippen molar-refractivity contribution in [3.8, 4) is 0 Å². The molecule has 138 valence electrons.